The van der Waals surface area contributed by atoms with Gasteiger partial charge in [-0.15, -0.1) is 0 Å². The molecule has 0 atom stereocenters. The second-order valence-corrected chi connectivity index (χ2v) is 13.2. The first-order valence-corrected chi connectivity index (χ1v) is 17.2. The van der Waals surface area contributed by atoms with E-state index in [9.17, 15) is 14.4 Å². The Balaban J connectivity index is 0.000000150. The SMILES string of the molecule is CC(=O)Cc1cccc2[nH]c3ccccc3c12.CC(=O)Cc1cccc2[nH]c3ccccc3c12.CC(=O)Cc1cccc2[nH]c3ccccc3c12.[Pd].[Pd]. The summed E-state index contributed by atoms with van der Waals surface area (Å²) in [4.78, 5) is 44.1. The maximum absolute atomic E-state index is 11.3. The van der Waals surface area contributed by atoms with Crippen molar-refractivity contribution in [2.45, 2.75) is 40.0 Å². The van der Waals surface area contributed by atoms with Gasteiger partial charge in [0.1, 0.15) is 17.3 Å². The monoisotopic (exact) mass is 881 g/mol. The second-order valence-electron chi connectivity index (χ2n) is 13.2. The number of fused-ring (bicyclic) bond motifs is 9. The minimum absolute atomic E-state index is 0. The van der Waals surface area contributed by atoms with Crippen LogP contribution in [0.5, 0.6) is 0 Å². The third-order valence-electron chi connectivity index (χ3n) is 9.17. The van der Waals surface area contributed by atoms with Gasteiger partial charge >= 0.3 is 0 Å². The van der Waals surface area contributed by atoms with Crippen molar-refractivity contribution in [3.8, 4) is 0 Å². The Morgan fingerprint density at radius 3 is 0.868 bits per heavy atom. The number of Topliss-reactive ketones (excluding diaryl/α,β-unsaturated/α-hetero) is 3. The average Bonchev–Trinajstić information content (AvgIpc) is 3.80. The van der Waals surface area contributed by atoms with Gasteiger partial charge in [0.25, 0.3) is 0 Å². The fourth-order valence-corrected chi connectivity index (χ4v) is 7.18. The van der Waals surface area contributed by atoms with Crippen LogP contribution < -0.4 is 0 Å². The van der Waals surface area contributed by atoms with Crippen LogP contribution in [0.2, 0.25) is 0 Å². The van der Waals surface area contributed by atoms with Crippen molar-refractivity contribution in [2.24, 2.45) is 0 Å². The number of hydrogen-bond acceptors (Lipinski definition) is 3. The fraction of sp³-hybridized carbons (Fsp3) is 0.133. The summed E-state index contributed by atoms with van der Waals surface area (Å²) in [6.45, 7) is 4.90. The predicted molar refractivity (Wildman–Crippen MR) is 211 cm³/mol. The van der Waals surface area contributed by atoms with Crippen LogP contribution in [0.4, 0.5) is 0 Å². The van der Waals surface area contributed by atoms with E-state index in [1.165, 1.54) is 32.3 Å². The van der Waals surface area contributed by atoms with Gasteiger partial charge in [0.05, 0.1) is 0 Å². The molecule has 0 saturated heterocycles. The van der Waals surface area contributed by atoms with Crippen LogP contribution in [-0.2, 0) is 74.5 Å². The van der Waals surface area contributed by atoms with Gasteiger partial charge in [-0.3, -0.25) is 14.4 Å². The van der Waals surface area contributed by atoms with E-state index in [1.54, 1.807) is 20.8 Å². The molecule has 9 aromatic rings. The van der Waals surface area contributed by atoms with Gasteiger partial charge in [-0.25, -0.2) is 0 Å². The van der Waals surface area contributed by atoms with Crippen molar-refractivity contribution < 1.29 is 55.2 Å². The minimum Gasteiger partial charge on any atom is -0.355 e. The van der Waals surface area contributed by atoms with E-state index in [2.05, 4.69) is 69.5 Å². The van der Waals surface area contributed by atoms with E-state index in [0.29, 0.717) is 19.3 Å². The van der Waals surface area contributed by atoms with Crippen LogP contribution in [0, 0.1) is 0 Å². The average molecular weight is 883 g/mol. The Bertz CT molecular complexity index is 2440. The van der Waals surface area contributed by atoms with E-state index < -0.39 is 0 Å². The number of para-hydroxylation sites is 3. The number of H-pyrrole nitrogens is 3. The van der Waals surface area contributed by atoms with Crippen LogP contribution in [0.25, 0.3) is 65.4 Å². The summed E-state index contributed by atoms with van der Waals surface area (Å²) in [6, 6.07) is 42.9. The number of rotatable bonds is 6. The zero-order valence-corrected chi connectivity index (χ0v) is 32.7. The molecule has 0 amide bonds. The molecular formula is C45H39N3O3Pd2. The van der Waals surface area contributed by atoms with Crippen molar-refractivity contribution in [1.29, 1.82) is 0 Å². The Morgan fingerprint density at radius 1 is 0.358 bits per heavy atom. The van der Waals surface area contributed by atoms with Crippen molar-refractivity contribution in [2.75, 3.05) is 0 Å². The quantitative estimate of drug-likeness (QED) is 0.145. The zero-order chi connectivity index (χ0) is 35.5. The van der Waals surface area contributed by atoms with Crippen molar-refractivity contribution in [3.63, 3.8) is 0 Å². The molecule has 0 spiro atoms. The molecule has 3 N–H and O–H groups in total. The van der Waals surface area contributed by atoms with Crippen LogP contribution >= 0.6 is 0 Å². The van der Waals surface area contributed by atoms with Gasteiger partial charge in [0.15, 0.2) is 0 Å². The summed E-state index contributed by atoms with van der Waals surface area (Å²) < 4.78 is 0. The van der Waals surface area contributed by atoms with Crippen molar-refractivity contribution >= 4 is 82.8 Å². The molecule has 3 aromatic heterocycles. The molecule has 6 aromatic carbocycles. The van der Waals surface area contributed by atoms with E-state index in [1.807, 2.05) is 72.8 Å². The normalized spacial score (nSPS) is 10.7. The molecule has 3 heterocycles. The number of ketones is 3. The van der Waals surface area contributed by atoms with Crippen LogP contribution in [-0.4, -0.2) is 32.3 Å². The molecule has 0 unspecified atom stereocenters. The largest absolute Gasteiger partial charge is 0.355 e. The molecule has 0 aliphatic carbocycles. The molecule has 0 aliphatic heterocycles. The first-order valence-electron chi connectivity index (χ1n) is 17.2. The van der Waals surface area contributed by atoms with Crippen molar-refractivity contribution in [3.05, 3.63) is 144 Å². The van der Waals surface area contributed by atoms with Gasteiger partial charge in [-0.05, 0) is 73.9 Å². The number of nitrogens with one attached hydrogen (secondary N) is 3. The molecular weight excluding hydrogens is 843 g/mol. The number of aromatic nitrogens is 3. The molecule has 272 valence electrons. The first kappa shape index (κ1) is 39.3. The Kier molecular flexibility index (Phi) is 12.8. The molecule has 53 heavy (non-hydrogen) atoms. The topological polar surface area (TPSA) is 98.6 Å². The summed E-state index contributed by atoms with van der Waals surface area (Å²) in [5, 5.41) is 7.12. The minimum atomic E-state index is 0. The maximum Gasteiger partial charge on any atom is 0.134 e. The van der Waals surface area contributed by atoms with Gasteiger partial charge in [-0.2, -0.15) is 0 Å². The molecule has 8 heteroatoms. The van der Waals surface area contributed by atoms with Gasteiger partial charge < -0.3 is 15.0 Å². The van der Waals surface area contributed by atoms with Crippen LogP contribution in [0.3, 0.4) is 0 Å². The summed E-state index contributed by atoms with van der Waals surface area (Å²) in [5.41, 5.74) is 9.99. The molecule has 0 fully saturated rings. The summed E-state index contributed by atoms with van der Waals surface area (Å²) in [7, 11) is 0. The number of carbonyl (C=O) groups is 3. The number of hydrogen-bond donors (Lipinski definition) is 3. The van der Waals surface area contributed by atoms with Crippen LogP contribution in [0.15, 0.2) is 127 Å². The smallest absolute Gasteiger partial charge is 0.134 e. The number of benzene rings is 6. The predicted octanol–water partition coefficient (Wildman–Crippen LogP) is 10.4. The summed E-state index contributed by atoms with van der Waals surface area (Å²) in [6.07, 6.45) is 1.50. The Morgan fingerprint density at radius 2 is 0.604 bits per heavy atom. The van der Waals surface area contributed by atoms with Gasteiger partial charge in [-0.1, -0.05) is 91.0 Å². The molecule has 0 bridgehead atoms. The summed E-state index contributed by atoms with van der Waals surface area (Å²) in [5.74, 6) is 0.591. The number of aromatic amines is 3. The number of carbonyl (C=O) groups excluding carboxylic acids is 3. The molecule has 0 saturated carbocycles. The standard InChI is InChI=1S/3C15H13NO.2Pd/c3*1-10(17)9-11-5-4-8-14-15(11)12-6-2-3-7-13(12)16-14;;/h3*2-8,16H,9H2,1H3;;. The molecule has 6 nitrogen and oxygen atoms in total. The van der Waals surface area contributed by atoms with E-state index in [4.69, 9.17) is 0 Å². The molecule has 9 rings (SSSR count). The van der Waals surface area contributed by atoms with E-state index >= 15 is 0 Å². The third-order valence-corrected chi connectivity index (χ3v) is 9.17. The second kappa shape index (κ2) is 17.3. The summed E-state index contributed by atoms with van der Waals surface area (Å²) >= 11 is 0. The van der Waals surface area contributed by atoms with E-state index in [-0.39, 0.29) is 58.2 Å². The molecule has 0 radical (unpaired) electrons. The first-order chi connectivity index (χ1) is 24.8. The Hall–Kier alpha value is -4.95. The third kappa shape index (κ3) is 8.49. The zero-order valence-electron chi connectivity index (χ0n) is 29.6. The fourth-order valence-electron chi connectivity index (χ4n) is 7.18. The van der Waals surface area contributed by atoms with Crippen LogP contribution in [0.1, 0.15) is 37.5 Å². The van der Waals surface area contributed by atoms with E-state index in [0.717, 1.165) is 49.8 Å². The van der Waals surface area contributed by atoms with Crippen molar-refractivity contribution in [1.82, 2.24) is 15.0 Å². The Labute approximate surface area is 335 Å². The maximum atomic E-state index is 11.3. The van der Waals surface area contributed by atoms with Gasteiger partial charge in [0.2, 0.25) is 0 Å². The molecule has 0 aliphatic rings. The van der Waals surface area contributed by atoms with Gasteiger partial charge in [0, 0.05) is 126 Å².